The molecule has 0 spiro atoms. The second-order valence-electron chi connectivity index (χ2n) is 7.74. The molecule has 4 aromatic rings. The molecule has 0 radical (unpaired) electrons. The fourth-order valence-corrected chi connectivity index (χ4v) is 3.71. The summed E-state index contributed by atoms with van der Waals surface area (Å²) in [6.45, 7) is 2.14. The van der Waals surface area contributed by atoms with E-state index in [1.165, 1.54) is 10.8 Å². The molecular weight excluding hydrogens is 432 g/mol. The molecule has 0 unspecified atom stereocenters. The maximum Gasteiger partial charge on any atom is 0.324 e. The van der Waals surface area contributed by atoms with E-state index in [4.69, 9.17) is 5.73 Å². The van der Waals surface area contributed by atoms with Crippen LogP contribution in [0.25, 0.3) is 16.6 Å². The number of pyridine rings is 1. The number of nitrogens with zero attached hydrogens (tertiary/aromatic N) is 4. The average Bonchev–Trinajstić information content (AvgIpc) is 3.24. The highest BCUT2D eigenvalue weighted by molar-refractivity contribution is 6.07. The Morgan fingerprint density at radius 3 is 2.62 bits per heavy atom. The molecule has 174 valence electrons. The first kappa shape index (κ1) is 22.7. The molecule has 0 aliphatic heterocycles. The molecule has 10 heteroatoms. The molecule has 0 saturated carbocycles. The Balaban J connectivity index is 1.54. The van der Waals surface area contributed by atoms with Gasteiger partial charge < -0.3 is 16.4 Å². The molecule has 0 atom stereocenters. The van der Waals surface area contributed by atoms with E-state index in [0.717, 1.165) is 30.4 Å². The standard InChI is InChI=1S/C24H26N8O2/c1-3-4-5-15-10-11-27-19(12-15)31-24(34)30-17-8-6-16(7-9-17)20-18(23(33)26-2)13-32-21(20)22(25)28-14-29-32/h6-14H,3-5H2,1-2H3,(H,26,33)(H2,25,28,29)(H2,27,30,31,34). The number of unbranched alkanes of at least 4 members (excludes halogenated alkanes) is 1. The molecule has 5 N–H and O–H groups in total. The van der Waals surface area contributed by atoms with Crippen molar-refractivity contribution in [3.63, 3.8) is 0 Å². The van der Waals surface area contributed by atoms with Crippen LogP contribution in [0.2, 0.25) is 0 Å². The second-order valence-corrected chi connectivity index (χ2v) is 7.74. The lowest BCUT2D eigenvalue weighted by molar-refractivity contribution is 0.0963. The zero-order valence-electron chi connectivity index (χ0n) is 19.0. The minimum atomic E-state index is -0.397. The largest absolute Gasteiger partial charge is 0.382 e. The van der Waals surface area contributed by atoms with Crippen LogP contribution < -0.4 is 21.7 Å². The van der Waals surface area contributed by atoms with Crippen LogP contribution in [0, 0.1) is 0 Å². The minimum Gasteiger partial charge on any atom is -0.382 e. The summed E-state index contributed by atoms with van der Waals surface area (Å²) in [5.41, 5.74) is 10.1. The van der Waals surface area contributed by atoms with Gasteiger partial charge in [0.2, 0.25) is 0 Å². The summed E-state index contributed by atoms with van der Waals surface area (Å²) in [4.78, 5) is 33.2. The van der Waals surface area contributed by atoms with Gasteiger partial charge in [-0.25, -0.2) is 19.3 Å². The van der Waals surface area contributed by atoms with E-state index < -0.39 is 6.03 Å². The fraction of sp³-hybridized carbons (Fsp3) is 0.208. The minimum absolute atomic E-state index is 0.260. The third-order valence-corrected chi connectivity index (χ3v) is 5.39. The summed E-state index contributed by atoms with van der Waals surface area (Å²) in [5, 5.41) is 12.4. The molecule has 3 amide bonds. The van der Waals surface area contributed by atoms with Gasteiger partial charge in [-0.05, 0) is 48.2 Å². The monoisotopic (exact) mass is 458 g/mol. The average molecular weight is 459 g/mol. The third-order valence-electron chi connectivity index (χ3n) is 5.39. The Kier molecular flexibility index (Phi) is 6.67. The third kappa shape index (κ3) is 4.80. The van der Waals surface area contributed by atoms with Crippen molar-refractivity contribution in [3.05, 3.63) is 66.2 Å². The molecule has 0 aliphatic rings. The summed E-state index contributed by atoms with van der Waals surface area (Å²) in [6.07, 6.45) is 7.77. The Morgan fingerprint density at radius 2 is 1.88 bits per heavy atom. The summed E-state index contributed by atoms with van der Waals surface area (Å²) in [5.74, 6) is 0.485. The number of benzene rings is 1. The number of carbonyl (C=O) groups excluding carboxylic acids is 2. The molecule has 1 aromatic carbocycles. The number of urea groups is 1. The molecule has 0 bridgehead atoms. The maximum atomic E-state index is 12.5. The fourth-order valence-electron chi connectivity index (χ4n) is 3.71. The Labute approximate surface area is 196 Å². The highest BCUT2D eigenvalue weighted by Gasteiger charge is 2.20. The van der Waals surface area contributed by atoms with E-state index in [9.17, 15) is 9.59 Å². The van der Waals surface area contributed by atoms with Gasteiger partial charge in [0.25, 0.3) is 5.91 Å². The molecule has 10 nitrogen and oxygen atoms in total. The highest BCUT2D eigenvalue weighted by Crippen LogP contribution is 2.33. The number of carbonyl (C=O) groups is 2. The van der Waals surface area contributed by atoms with Crippen LogP contribution >= 0.6 is 0 Å². The van der Waals surface area contributed by atoms with Gasteiger partial charge in [-0.1, -0.05) is 25.5 Å². The normalized spacial score (nSPS) is 10.8. The van der Waals surface area contributed by atoms with Gasteiger partial charge in [0.15, 0.2) is 5.82 Å². The van der Waals surface area contributed by atoms with Crippen molar-refractivity contribution in [3.8, 4) is 11.1 Å². The highest BCUT2D eigenvalue weighted by atomic mass is 16.2. The van der Waals surface area contributed by atoms with E-state index in [-0.39, 0.29) is 11.7 Å². The van der Waals surface area contributed by atoms with Crippen molar-refractivity contribution < 1.29 is 9.59 Å². The number of fused-ring (bicyclic) bond motifs is 1. The number of rotatable bonds is 7. The SMILES string of the molecule is CCCCc1ccnc(NC(=O)Nc2ccc(-c3c(C(=O)NC)cn4ncnc(N)c34)cc2)c1. The van der Waals surface area contributed by atoms with Crippen LogP contribution in [-0.4, -0.2) is 38.6 Å². The quantitative estimate of drug-likeness (QED) is 0.333. The van der Waals surface area contributed by atoms with Crippen molar-refractivity contribution in [2.24, 2.45) is 0 Å². The number of nitrogens with two attached hydrogens (primary N) is 1. The van der Waals surface area contributed by atoms with Crippen LogP contribution in [0.15, 0.2) is 55.1 Å². The smallest absolute Gasteiger partial charge is 0.324 e. The van der Waals surface area contributed by atoms with Gasteiger partial charge in [-0.2, -0.15) is 5.10 Å². The van der Waals surface area contributed by atoms with Gasteiger partial charge in [-0.3, -0.25) is 10.1 Å². The maximum absolute atomic E-state index is 12.5. The van der Waals surface area contributed by atoms with Crippen LogP contribution in [0.3, 0.4) is 0 Å². The van der Waals surface area contributed by atoms with Crippen LogP contribution in [0.1, 0.15) is 35.7 Å². The lowest BCUT2D eigenvalue weighted by Crippen LogP contribution is -2.20. The molecule has 0 aliphatic carbocycles. The topological polar surface area (TPSA) is 139 Å². The van der Waals surface area contributed by atoms with Gasteiger partial charge in [-0.15, -0.1) is 0 Å². The summed E-state index contributed by atoms with van der Waals surface area (Å²) >= 11 is 0. The second kappa shape index (κ2) is 9.99. The first-order valence-corrected chi connectivity index (χ1v) is 11.0. The van der Waals surface area contributed by atoms with Crippen molar-refractivity contribution in [1.29, 1.82) is 0 Å². The number of anilines is 3. The van der Waals surface area contributed by atoms with Crippen molar-refractivity contribution in [2.45, 2.75) is 26.2 Å². The summed E-state index contributed by atoms with van der Waals surface area (Å²) < 4.78 is 1.53. The molecule has 34 heavy (non-hydrogen) atoms. The van der Waals surface area contributed by atoms with Crippen molar-refractivity contribution in [1.82, 2.24) is 24.9 Å². The Morgan fingerprint density at radius 1 is 1.09 bits per heavy atom. The number of hydrogen-bond donors (Lipinski definition) is 4. The number of amides is 3. The van der Waals surface area contributed by atoms with Crippen molar-refractivity contribution >= 4 is 34.8 Å². The molecule has 0 saturated heterocycles. The zero-order valence-corrected chi connectivity index (χ0v) is 19.0. The predicted octanol–water partition coefficient (Wildman–Crippen LogP) is 3.72. The van der Waals surface area contributed by atoms with E-state index in [1.54, 1.807) is 43.7 Å². The molecule has 0 fully saturated rings. The van der Waals surface area contributed by atoms with E-state index in [2.05, 4.69) is 37.9 Å². The van der Waals surface area contributed by atoms with E-state index >= 15 is 0 Å². The van der Waals surface area contributed by atoms with Gasteiger partial charge >= 0.3 is 6.03 Å². The predicted molar refractivity (Wildman–Crippen MR) is 132 cm³/mol. The van der Waals surface area contributed by atoms with Crippen LogP contribution in [0.5, 0.6) is 0 Å². The number of nitrogen functional groups attached to an aromatic ring is 1. The van der Waals surface area contributed by atoms with Crippen LogP contribution in [-0.2, 0) is 6.42 Å². The first-order chi connectivity index (χ1) is 16.5. The number of nitrogens with one attached hydrogen (secondary N) is 3. The van der Waals surface area contributed by atoms with E-state index in [0.29, 0.717) is 28.1 Å². The molecule has 3 heterocycles. The Hall–Kier alpha value is -4.47. The number of aryl methyl sites for hydroxylation is 1. The summed E-state index contributed by atoms with van der Waals surface area (Å²) in [7, 11) is 1.56. The lowest BCUT2D eigenvalue weighted by Gasteiger charge is -2.10. The Bertz CT molecular complexity index is 1330. The van der Waals surface area contributed by atoms with Gasteiger partial charge in [0.05, 0.1) is 5.56 Å². The molecule has 3 aromatic heterocycles. The van der Waals surface area contributed by atoms with Crippen LogP contribution in [0.4, 0.5) is 22.1 Å². The number of aromatic nitrogens is 4. The van der Waals surface area contributed by atoms with Gasteiger partial charge in [0, 0.05) is 30.7 Å². The molecule has 4 rings (SSSR count). The lowest BCUT2D eigenvalue weighted by atomic mass is 10.0. The van der Waals surface area contributed by atoms with Gasteiger partial charge in [0.1, 0.15) is 17.7 Å². The molecular formula is C24H26N8O2. The summed E-state index contributed by atoms with van der Waals surface area (Å²) in [6, 6.07) is 10.5. The number of hydrogen-bond acceptors (Lipinski definition) is 6. The first-order valence-electron chi connectivity index (χ1n) is 11.0. The van der Waals surface area contributed by atoms with E-state index in [1.807, 2.05) is 12.1 Å². The zero-order chi connectivity index (χ0) is 24.1. The van der Waals surface area contributed by atoms with Crippen molar-refractivity contribution in [2.75, 3.05) is 23.4 Å².